The van der Waals surface area contributed by atoms with Crippen molar-refractivity contribution in [3.05, 3.63) is 73.4 Å². The highest BCUT2D eigenvalue weighted by Crippen LogP contribution is 2.32. The third-order valence-corrected chi connectivity index (χ3v) is 6.20. The summed E-state index contributed by atoms with van der Waals surface area (Å²) in [5, 5.41) is 0.773. The van der Waals surface area contributed by atoms with Gasteiger partial charge in [-0.2, -0.15) is 0 Å². The molecule has 4 rings (SSSR count). The second-order valence-corrected chi connectivity index (χ2v) is 8.12. The molecule has 1 N–H and O–H groups in total. The molecule has 146 valence electrons. The lowest BCUT2D eigenvalue weighted by Gasteiger charge is -2.15. The third-order valence-electron chi connectivity index (χ3n) is 4.59. The fourth-order valence-corrected chi connectivity index (χ4v) is 4.71. The number of nitrogens with zero attached hydrogens (tertiary/aromatic N) is 1. The lowest BCUT2D eigenvalue weighted by molar-refractivity contribution is 0.0684. The van der Waals surface area contributed by atoms with E-state index in [1.54, 1.807) is 24.3 Å². The Morgan fingerprint density at radius 2 is 1.59 bits per heavy atom. The number of imide groups is 1. The van der Waals surface area contributed by atoms with E-state index in [4.69, 9.17) is 23.2 Å². The van der Waals surface area contributed by atoms with Gasteiger partial charge in [0.15, 0.2) is 5.78 Å². The minimum absolute atomic E-state index is 0.0771. The summed E-state index contributed by atoms with van der Waals surface area (Å²) in [6.07, 6.45) is 0. The van der Waals surface area contributed by atoms with Gasteiger partial charge in [0.2, 0.25) is 5.43 Å². The molecule has 0 spiro atoms. The van der Waals surface area contributed by atoms with Crippen molar-refractivity contribution in [1.29, 1.82) is 0 Å². The third kappa shape index (κ3) is 3.15. The van der Waals surface area contributed by atoms with Gasteiger partial charge in [0, 0.05) is 0 Å². The molecule has 0 atom stereocenters. The number of aromatic nitrogens is 1. The van der Waals surface area contributed by atoms with E-state index in [0.717, 1.165) is 16.7 Å². The quantitative estimate of drug-likeness (QED) is 0.364. The molecule has 2 heterocycles. The summed E-state index contributed by atoms with van der Waals surface area (Å²) in [5.74, 6) is -1.39. The molecule has 2 aromatic carbocycles. The van der Waals surface area contributed by atoms with Crippen molar-refractivity contribution in [1.82, 2.24) is 9.88 Å². The number of benzene rings is 2. The first-order valence-electron chi connectivity index (χ1n) is 8.44. The molecule has 29 heavy (non-hydrogen) atoms. The number of halogens is 2. The van der Waals surface area contributed by atoms with Gasteiger partial charge in [0.25, 0.3) is 11.8 Å². The van der Waals surface area contributed by atoms with Crippen LogP contribution in [-0.4, -0.2) is 33.4 Å². The zero-order valence-corrected chi connectivity index (χ0v) is 17.2. The van der Waals surface area contributed by atoms with Crippen molar-refractivity contribution in [2.24, 2.45) is 0 Å². The zero-order valence-electron chi connectivity index (χ0n) is 14.9. The second kappa shape index (κ2) is 7.33. The van der Waals surface area contributed by atoms with E-state index in [0.29, 0.717) is 16.6 Å². The Kier molecular flexibility index (Phi) is 4.98. The number of nitrogens with one attached hydrogen (secondary N) is 1. The monoisotopic (exact) mass is 446 g/mol. The van der Waals surface area contributed by atoms with Crippen LogP contribution in [0.15, 0.2) is 46.2 Å². The van der Waals surface area contributed by atoms with E-state index >= 15 is 0 Å². The first-order chi connectivity index (χ1) is 13.8. The van der Waals surface area contributed by atoms with Crippen LogP contribution in [0.1, 0.15) is 38.0 Å². The Morgan fingerprint density at radius 1 is 1.00 bits per heavy atom. The van der Waals surface area contributed by atoms with E-state index < -0.39 is 23.0 Å². The number of Topliss-reactive ketones (excluding diaryl/α,β-unsaturated/α-hetero) is 1. The molecule has 0 saturated carbocycles. The van der Waals surface area contributed by atoms with Crippen molar-refractivity contribution >= 4 is 63.5 Å². The number of carbonyl (C=O) groups is 3. The summed E-state index contributed by atoms with van der Waals surface area (Å²) < 4.78 is 0. The minimum Gasteiger partial charge on any atom is -0.348 e. The van der Waals surface area contributed by atoms with Gasteiger partial charge in [-0.3, -0.25) is 24.1 Å². The summed E-state index contributed by atoms with van der Waals surface area (Å²) in [5.41, 5.74) is 0.296. The first kappa shape index (κ1) is 19.7. The summed E-state index contributed by atoms with van der Waals surface area (Å²) in [7, 11) is 0. The number of carbonyl (C=O) groups excluding carboxylic acids is 3. The van der Waals surface area contributed by atoms with E-state index in [2.05, 4.69) is 4.98 Å². The Labute approximate surface area is 178 Å². The lowest BCUT2D eigenvalue weighted by atomic mass is 10.1. The van der Waals surface area contributed by atoms with Crippen LogP contribution in [0.3, 0.4) is 0 Å². The van der Waals surface area contributed by atoms with Gasteiger partial charge < -0.3 is 4.98 Å². The van der Waals surface area contributed by atoms with Crippen LogP contribution in [0.2, 0.25) is 10.0 Å². The van der Waals surface area contributed by atoms with Crippen LogP contribution >= 0.6 is 35.0 Å². The van der Waals surface area contributed by atoms with Gasteiger partial charge in [-0.25, -0.2) is 0 Å². The average Bonchev–Trinajstić information content (AvgIpc) is 2.93. The molecule has 1 aliphatic heterocycles. The van der Waals surface area contributed by atoms with Crippen LogP contribution in [0.4, 0.5) is 0 Å². The number of hydrogen-bond acceptors (Lipinski definition) is 5. The molecule has 6 nitrogen and oxygen atoms in total. The summed E-state index contributed by atoms with van der Waals surface area (Å²) in [4.78, 5) is 54.2. The molecule has 0 radical (unpaired) electrons. The van der Waals surface area contributed by atoms with Crippen molar-refractivity contribution in [3.8, 4) is 0 Å². The number of thioether (sulfide) groups is 1. The van der Waals surface area contributed by atoms with Gasteiger partial charge in [-0.05, 0) is 31.2 Å². The number of aromatic amines is 1. The van der Waals surface area contributed by atoms with Crippen molar-refractivity contribution in [2.45, 2.75) is 11.9 Å². The fraction of sp³-hybridized carbons (Fsp3) is 0.100. The van der Waals surface area contributed by atoms with E-state index in [1.807, 2.05) is 0 Å². The SMILES string of the molecule is CC(=O)c1c(SCN2C(=O)c3ccccc3C2=O)[nH]c2c(Cl)ccc(Cl)c2c1=O. The van der Waals surface area contributed by atoms with Crippen molar-refractivity contribution in [3.63, 3.8) is 0 Å². The smallest absolute Gasteiger partial charge is 0.262 e. The highest BCUT2D eigenvalue weighted by Gasteiger charge is 2.35. The largest absolute Gasteiger partial charge is 0.348 e. The Balaban J connectivity index is 1.76. The summed E-state index contributed by atoms with van der Waals surface area (Å²) >= 11 is 13.3. The maximum atomic E-state index is 12.9. The minimum atomic E-state index is -0.552. The number of amides is 2. The second-order valence-electron chi connectivity index (χ2n) is 6.35. The summed E-state index contributed by atoms with van der Waals surface area (Å²) in [6.45, 7) is 1.26. The normalized spacial score (nSPS) is 13.3. The molecule has 3 aromatic rings. The maximum Gasteiger partial charge on any atom is 0.262 e. The molecular formula is C20H12Cl2N2O4S. The lowest BCUT2D eigenvalue weighted by Crippen LogP contribution is -2.29. The van der Waals surface area contributed by atoms with Gasteiger partial charge in [-0.15, -0.1) is 0 Å². The Hall–Kier alpha value is -2.61. The molecule has 0 bridgehead atoms. The molecule has 0 saturated heterocycles. The number of fused-ring (bicyclic) bond motifs is 2. The molecule has 0 unspecified atom stereocenters. The molecular weight excluding hydrogens is 435 g/mol. The summed E-state index contributed by atoms with van der Waals surface area (Å²) in [6, 6.07) is 9.55. The van der Waals surface area contributed by atoms with Crippen LogP contribution in [0.5, 0.6) is 0 Å². The van der Waals surface area contributed by atoms with Gasteiger partial charge in [0.05, 0.1) is 48.5 Å². The highest BCUT2D eigenvalue weighted by atomic mass is 35.5. The van der Waals surface area contributed by atoms with Crippen molar-refractivity contribution in [2.75, 3.05) is 5.88 Å². The van der Waals surface area contributed by atoms with Gasteiger partial charge in [-0.1, -0.05) is 47.1 Å². The molecule has 1 aromatic heterocycles. The number of H-pyrrole nitrogens is 1. The average molecular weight is 447 g/mol. The highest BCUT2D eigenvalue weighted by molar-refractivity contribution is 7.99. The predicted octanol–water partition coefficient (Wildman–Crippen LogP) is 4.38. The number of pyridine rings is 1. The van der Waals surface area contributed by atoms with Gasteiger partial charge in [0.1, 0.15) is 0 Å². The molecule has 0 aliphatic carbocycles. The zero-order chi connectivity index (χ0) is 20.9. The molecule has 0 fully saturated rings. The molecule has 1 aliphatic rings. The topological polar surface area (TPSA) is 87.3 Å². The predicted molar refractivity (Wildman–Crippen MR) is 112 cm³/mol. The maximum absolute atomic E-state index is 12.9. The van der Waals surface area contributed by atoms with E-state index in [-0.39, 0.29) is 31.9 Å². The van der Waals surface area contributed by atoms with Crippen LogP contribution in [0, 0.1) is 0 Å². The number of rotatable bonds is 4. The van der Waals surface area contributed by atoms with Crippen LogP contribution < -0.4 is 5.43 Å². The first-order valence-corrected chi connectivity index (χ1v) is 10.2. The van der Waals surface area contributed by atoms with E-state index in [9.17, 15) is 19.2 Å². The standard InChI is InChI=1S/C20H12Cl2N2O4S/c1-9(25)14-17(26)15-12(21)6-7-13(22)16(15)23-18(14)29-8-24-19(27)10-4-2-3-5-11(10)20(24)28/h2-7H,8H2,1H3,(H,23,26). The molecule has 9 heteroatoms. The van der Waals surface area contributed by atoms with Crippen LogP contribution in [0.25, 0.3) is 10.9 Å². The Bertz CT molecular complexity index is 1250. The fourth-order valence-electron chi connectivity index (χ4n) is 3.21. The van der Waals surface area contributed by atoms with Gasteiger partial charge >= 0.3 is 0 Å². The number of ketones is 1. The van der Waals surface area contributed by atoms with Crippen LogP contribution in [-0.2, 0) is 0 Å². The van der Waals surface area contributed by atoms with E-state index in [1.165, 1.54) is 19.1 Å². The number of hydrogen-bond donors (Lipinski definition) is 1. The Morgan fingerprint density at radius 3 is 2.17 bits per heavy atom. The molecule has 2 amide bonds. The van der Waals surface area contributed by atoms with Crippen molar-refractivity contribution < 1.29 is 14.4 Å².